The van der Waals surface area contributed by atoms with Crippen molar-refractivity contribution in [2.24, 2.45) is 0 Å². The minimum Gasteiger partial charge on any atom is -0.497 e. The Bertz CT molecular complexity index is 995. The summed E-state index contributed by atoms with van der Waals surface area (Å²) >= 11 is 0. The summed E-state index contributed by atoms with van der Waals surface area (Å²) in [5.74, 6) is 2.94. The van der Waals surface area contributed by atoms with Gasteiger partial charge in [0, 0.05) is 17.5 Å². The number of imidazole rings is 1. The van der Waals surface area contributed by atoms with Crippen molar-refractivity contribution < 1.29 is 18.8 Å². The highest BCUT2D eigenvalue weighted by molar-refractivity contribution is 8.93. The van der Waals surface area contributed by atoms with Crippen molar-refractivity contribution in [3.8, 4) is 22.8 Å². The summed E-state index contributed by atoms with van der Waals surface area (Å²) in [6, 6.07) is 15.5. The molecule has 0 fully saturated rings. The molecule has 2 heterocycles. The largest absolute Gasteiger partial charge is 0.497 e. The van der Waals surface area contributed by atoms with Gasteiger partial charge in [0.25, 0.3) is 5.82 Å². The van der Waals surface area contributed by atoms with Gasteiger partial charge < -0.3 is 9.47 Å². The molecule has 0 radical (unpaired) electrons. The highest BCUT2D eigenvalue weighted by Crippen LogP contribution is 2.26. The fraction of sp³-hybridized carbons (Fsp3) is 0.333. The van der Waals surface area contributed by atoms with Crippen LogP contribution in [0.5, 0.6) is 11.5 Å². The van der Waals surface area contributed by atoms with Crippen molar-refractivity contribution in [2.45, 2.75) is 38.8 Å². The summed E-state index contributed by atoms with van der Waals surface area (Å²) in [6.07, 6.45) is 6.66. The molecule has 0 aliphatic carbocycles. The standard InChI is InChI=1S/C24H27N2O3.BrH/c1-28-20-11-7-18(8-12-20)22-16-25(24-6-4-3-5-15-26(22)24)17-23(27)19-9-13-21(29-2)14-10-19;/h7-14,16H,3-6,15,17H2,1-2H3;1H/q+1;. The summed E-state index contributed by atoms with van der Waals surface area (Å²) in [5.41, 5.74) is 3.01. The predicted octanol–water partition coefficient (Wildman–Crippen LogP) is 4.65. The molecule has 5 nitrogen and oxygen atoms in total. The van der Waals surface area contributed by atoms with Crippen molar-refractivity contribution in [3.63, 3.8) is 0 Å². The van der Waals surface area contributed by atoms with E-state index in [1.165, 1.54) is 12.2 Å². The van der Waals surface area contributed by atoms with Gasteiger partial charge >= 0.3 is 0 Å². The lowest BCUT2D eigenvalue weighted by atomic mass is 10.1. The molecule has 0 spiro atoms. The third-order valence-corrected chi connectivity index (χ3v) is 5.61. The van der Waals surface area contributed by atoms with Crippen LogP contribution in [0.25, 0.3) is 11.3 Å². The highest BCUT2D eigenvalue weighted by atomic mass is 79.9. The second-order valence-corrected chi connectivity index (χ2v) is 7.40. The Morgan fingerprint density at radius 2 is 1.57 bits per heavy atom. The van der Waals surface area contributed by atoms with Crippen molar-refractivity contribution in [1.82, 2.24) is 4.57 Å². The molecule has 4 rings (SSSR count). The van der Waals surface area contributed by atoms with Crippen LogP contribution in [-0.4, -0.2) is 24.6 Å². The number of hydrogen-bond donors (Lipinski definition) is 0. The van der Waals surface area contributed by atoms with Gasteiger partial charge in [-0.1, -0.05) is 0 Å². The lowest BCUT2D eigenvalue weighted by Crippen LogP contribution is -2.40. The SMILES string of the molecule is Br.COc1ccc(C(=O)C[n+]2cc(-c3ccc(OC)cc3)n3c2CCCCC3)cc1. The average Bonchev–Trinajstić information content (AvgIpc) is 2.93. The fourth-order valence-corrected chi connectivity index (χ4v) is 4.00. The Morgan fingerprint density at radius 1 is 0.933 bits per heavy atom. The van der Waals surface area contributed by atoms with Crippen LogP contribution in [0.3, 0.4) is 0 Å². The number of carbonyl (C=O) groups excluding carboxylic acids is 1. The smallest absolute Gasteiger partial charge is 0.257 e. The number of ketones is 1. The van der Waals surface area contributed by atoms with Gasteiger partial charge in [0.1, 0.15) is 17.7 Å². The Kier molecular flexibility index (Phi) is 7.32. The lowest BCUT2D eigenvalue weighted by molar-refractivity contribution is -0.690. The molecule has 0 saturated heterocycles. The minimum atomic E-state index is 0. The van der Waals surface area contributed by atoms with Gasteiger partial charge in [0.05, 0.1) is 20.8 Å². The first-order valence-corrected chi connectivity index (χ1v) is 10.1. The van der Waals surface area contributed by atoms with E-state index in [2.05, 4.69) is 27.5 Å². The lowest BCUT2D eigenvalue weighted by Gasteiger charge is -2.04. The normalized spacial score (nSPS) is 13.0. The number of Topliss-reactive ketones (excluding diaryl/α,β-unsaturated/α-hetero) is 1. The first-order valence-electron chi connectivity index (χ1n) is 10.1. The first-order chi connectivity index (χ1) is 14.2. The van der Waals surface area contributed by atoms with Gasteiger partial charge in [-0.3, -0.25) is 4.79 Å². The number of halogens is 1. The molecule has 2 aromatic carbocycles. The third-order valence-electron chi connectivity index (χ3n) is 5.61. The van der Waals surface area contributed by atoms with Crippen LogP contribution in [-0.2, 0) is 19.5 Å². The molecule has 0 unspecified atom stereocenters. The van der Waals surface area contributed by atoms with Crippen LogP contribution in [0.15, 0.2) is 54.7 Å². The van der Waals surface area contributed by atoms with Crippen LogP contribution in [0, 0.1) is 0 Å². The zero-order valence-corrected chi connectivity index (χ0v) is 19.2. The number of ether oxygens (including phenoxy) is 2. The molecule has 3 aromatic rings. The molecule has 0 bridgehead atoms. The molecule has 158 valence electrons. The number of aromatic nitrogens is 2. The predicted molar refractivity (Wildman–Crippen MR) is 122 cm³/mol. The maximum absolute atomic E-state index is 12.9. The maximum atomic E-state index is 12.9. The molecular formula is C24H28BrN2O3+. The molecule has 1 aliphatic rings. The van der Waals surface area contributed by atoms with Crippen LogP contribution in [0.2, 0.25) is 0 Å². The monoisotopic (exact) mass is 471 g/mol. The van der Waals surface area contributed by atoms with E-state index in [0.717, 1.165) is 48.6 Å². The van der Waals surface area contributed by atoms with Crippen LogP contribution < -0.4 is 14.0 Å². The van der Waals surface area contributed by atoms with Gasteiger partial charge in [0.15, 0.2) is 12.2 Å². The van der Waals surface area contributed by atoms with Gasteiger partial charge in [-0.2, -0.15) is 0 Å². The van der Waals surface area contributed by atoms with E-state index in [1.54, 1.807) is 14.2 Å². The number of fused-ring (bicyclic) bond motifs is 1. The van der Waals surface area contributed by atoms with Crippen molar-refractivity contribution in [2.75, 3.05) is 14.2 Å². The van der Waals surface area contributed by atoms with Crippen molar-refractivity contribution >= 4 is 22.8 Å². The van der Waals surface area contributed by atoms with Crippen molar-refractivity contribution in [3.05, 3.63) is 66.1 Å². The second kappa shape index (κ2) is 9.94. The molecular weight excluding hydrogens is 444 g/mol. The van der Waals surface area contributed by atoms with Crippen molar-refractivity contribution in [1.29, 1.82) is 0 Å². The highest BCUT2D eigenvalue weighted by Gasteiger charge is 2.27. The third kappa shape index (κ3) is 4.59. The van der Waals surface area contributed by atoms with E-state index in [4.69, 9.17) is 9.47 Å². The molecule has 0 saturated carbocycles. The fourth-order valence-electron chi connectivity index (χ4n) is 4.00. The zero-order chi connectivity index (χ0) is 20.2. The number of rotatable bonds is 6. The molecule has 0 amide bonds. The van der Waals surface area contributed by atoms with Crippen LogP contribution in [0.1, 0.15) is 35.4 Å². The molecule has 0 N–H and O–H groups in total. The van der Waals surface area contributed by atoms with E-state index >= 15 is 0 Å². The summed E-state index contributed by atoms with van der Waals surface area (Å²) in [4.78, 5) is 12.9. The Morgan fingerprint density at radius 3 is 2.20 bits per heavy atom. The van der Waals surface area contributed by atoms with E-state index in [9.17, 15) is 4.79 Å². The second-order valence-electron chi connectivity index (χ2n) is 7.40. The van der Waals surface area contributed by atoms with Gasteiger partial charge in [0.2, 0.25) is 5.78 Å². The Labute approximate surface area is 188 Å². The van der Waals surface area contributed by atoms with Crippen LogP contribution >= 0.6 is 17.0 Å². The molecule has 1 aliphatic heterocycles. The van der Waals surface area contributed by atoms with Gasteiger partial charge in [-0.05, 0) is 67.8 Å². The van der Waals surface area contributed by atoms with Gasteiger partial charge in [-0.25, -0.2) is 9.13 Å². The Hall–Kier alpha value is -2.60. The maximum Gasteiger partial charge on any atom is 0.257 e. The van der Waals surface area contributed by atoms with E-state index in [1.807, 2.05) is 36.4 Å². The molecule has 6 heteroatoms. The van der Waals surface area contributed by atoms with Gasteiger partial charge in [-0.15, -0.1) is 17.0 Å². The number of methoxy groups -OCH3 is 2. The summed E-state index contributed by atoms with van der Waals surface area (Å²) < 4.78 is 15.0. The molecule has 1 aromatic heterocycles. The zero-order valence-electron chi connectivity index (χ0n) is 17.5. The minimum absolute atomic E-state index is 0. The van der Waals surface area contributed by atoms with E-state index in [-0.39, 0.29) is 22.8 Å². The van der Waals surface area contributed by atoms with Crippen LogP contribution in [0.4, 0.5) is 0 Å². The van der Waals surface area contributed by atoms with E-state index in [0.29, 0.717) is 12.1 Å². The summed E-state index contributed by atoms with van der Waals surface area (Å²) in [5, 5.41) is 0. The number of hydrogen-bond acceptors (Lipinski definition) is 3. The average molecular weight is 472 g/mol. The topological polar surface area (TPSA) is 44.3 Å². The Balaban J connectivity index is 0.00000256. The summed E-state index contributed by atoms with van der Waals surface area (Å²) in [7, 11) is 3.31. The quantitative estimate of drug-likeness (QED) is 0.388. The van der Waals surface area contributed by atoms with E-state index < -0.39 is 0 Å². The molecule has 0 atom stereocenters. The summed E-state index contributed by atoms with van der Waals surface area (Å²) in [6.45, 7) is 1.33. The number of nitrogens with zero attached hydrogens (tertiary/aromatic N) is 2. The molecule has 30 heavy (non-hydrogen) atoms. The number of carbonyl (C=O) groups is 1. The number of benzene rings is 2. The first kappa shape index (κ1) is 22.1.